The van der Waals surface area contributed by atoms with Crippen LogP contribution in [0.2, 0.25) is 123 Å². The van der Waals surface area contributed by atoms with Crippen LogP contribution < -0.4 is 0 Å². The number of rotatable bonds is 10. The molecule has 0 amide bonds. The Kier molecular flexibility index (Phi) is 16.8. The van der Waals surface area contributed by atoms with Gasteiger partial charge in [0.25, 0.3) is 0 Å². The topological polar surface area (TPSA) is 41.1 Å². The number of nitrogens with zero attached hydrogens (tertiary/aromatic N) is 3. The van der Waals surface area contributed by atoms with Gasteiger partial charge in [-0.15, -0.1) is 34.8 Å². The summed E-state index contributed by atoms with van der Waals surface area (Å²) < 4.78 is 0.267. The van der Waals surface area contributed by atoms with Gasteiger partial charge in [0.05, 0.1) is 16.1 Å². The van der Waals surface area contributed by atoms with Crippen molar-refractivity contribution in [2.45, 2.75) is 153 Å². The second-order valence-corrected chi connectivity index (χ2v) is 53.1. The minimum absolute atomic E-state index is 0.267. The third-order valence-corrected chi connectivity index (χ3v) is 38.9. The minimum atomic E-state index is -1.57. The van der Waals surface area contributed by atoms with Crippen molar-refractivity contribution in [3.8, 4) is 0 Å². The molecule has 3 atom stereocenters. The van der Waals surface area contributed by atoms with Crippen LogP contribution in [0.25, 0.3) is 10.6 Å². The van der Waals surface area contributed by atoms with Gasteiger partial charge in [-0.25, -0.2) is 6.04 Å². The van der Waals surface area contributed by atoms with Crippen molar-refractivity contribution < 1.29 is 14.6 Å². The number of aromatic nitrogens is 1. The second-order valence-electron chi connectivity index (χ2n) is 20.2. The maximum atomic E-state index is 5.55. The van der Waals surface area contributed by atoms with E-state index in [0.717, 1.165) is 11.7 Å². The van der Waals surface area contributed by atoms with Gasteiger partial charge in [-0.1, -0.05) is 160 Å². The van der Waals surface area contributed by atoms with Gasteiger partial charge in [0, 0.05) is 32.7 Å². The normalized spacial score (nSPS) is 21.5. The van der Waals surface area contributed by atoms with E-state index in [2.05, 4.69) is 178 Å². The molecule has 47 heavy (non-hydrogen) atoms. The number of pyridine rings is 1. The molecule has 11 heteroatoms. The third-order valence-electron chi connectivity index (χ3n) is 10.3. The van der Waals surface area contributed by atoms with Crippen LogP contribution in [0, 0.1) is 11.1 Å². The van der Waals surface area contributed by atoms with Gasteiger partial charge in [0.2, 0.25) is 0 Å². The van der Waals surface area contributed by atoms with Gasteiger partial charge in [0.1, 0.15) is 0 Å². The first-order valence-corrected chi connectivity index (χ1v) is 40.3. The first-order chi connectivity index (χ1) is 21.2. The van der Waals surface area contributed by atoms with Gasteiger partial charge >= 0.3 is 24.8 Å². The number of allylic oxidation sites excluding steroid dienone is 2. The number of hydrogen-bond donors (Lipinski definition) is 0. The van der Waals surface area contributed by atoms with Crippen molar-refractivity contribution >= 4 is 58.6 Å². The van der Waals surface area contributed by atoms with Crippen LogP contribution in [0.15, 0.2) is 48.8 Å². The summed E-state index contributed by atoms with van der Waals surface area (Å²) in [5.74, 6) is 0.658. The first kappa shape index (κ1) is 45.5. The summed E-state index contributed by atoms with van der Waals surface area (Å²) in [6.45, 7) is 46.8. The summed E-state index contributed by atoms with van der Waals surface area (Å²) in [5, 5.41) is 12.8. The standard InChI is InChI=1S/C24H49N2Si4.C12H23NSi2.ClH.Ni/c1-27(2,3)23(28(4,5)6)21-17-16-20(19-26-21)24(29(7,8)9,30(10,11)12)22-15-13-14-18-25-22;1-14(2,3)12(15(4,5)6)11-9-7-8-10-13-11;;/h13-15,18,20-21,23H,16-17,19H2,1-12H3;7-11H,1-6H3;1H;/q-1;-2;;+1/p-1. The molecule has 0 bridgehead atoms. The molecular weight excluding hydrogens is 737 g/mol. The Morgan fingerprint density at radius 2 is 1.28 bits per heavy atom. The predicted molar refractivity (Wildman–Crippen MR) is 229 cm³/mol. The Morgan fingerprint density at radius 3 is 1.60 bits per heavy atom. The summed E-state index contributed by atoms with van der Waals surface area (Å²) in [7, 11) is -3.77. The van der Waals surface area contributed by atoms with Crippen LogP contribution in [0.4, 0.5) is 0 Å². The molecule has 3 nitrogen and oxygen atoms in total. The average Bonchev–Trinajstić information content (AvgIpc) is 2.88. The molecule has 2 aliphatic heterocycles. The summed E-state index contributed by atoms with van der Waals surface area (Å²) in [6.07, 6.45) is 13.0. The van der Waals surface area contributed by atoms with Gasteiger partial charge in [-0.05, 0) is 12.1 Å². The molecule has 0 spiro atoms. The molecule has 3 unspecified atom stereocenters. The van der Waals surface area contributed by atoms with Crippen molar-refractivity contribution in [1.82, 2.24) is 4.98 Å². The molecule has 1 aromatic heterocycles. The fourth-order valence-corrected chi connectivity index (χ4v) is 48.5. The average molecular weight is 810 g/mol. The zero-order valence-corrected chi connectivity index (χ0v) is 41.3. The van der Waals surface area contributed by atoms with E-state index >= 15 is 0 Å². The van der Waals surface area contributed by atoms with Crippen molar-refractivity contribution in [3.05, 3.63) is 70.3 Å². The van der Waals surface area contributed by atoms with E-state index in [1.807, 2.05) is 18.5 Å². The third kappa shape index (κ3) is 11.7. The Bertz CT molecular complexity index is 1090. The van der Waals surface area contributed by atoms with Crippen LogP contribution in [-0.4, -0.2) is 72.1 Å². The zero-order valence-electron chi connectivity index (χ0n) is 33.6. The van der Waals surface area contributed by atoms with E-state index in [1.54, 1.807) is 5.16 Å². The van der Waals surface area contributed by atoms with Crippen molar-refractivity contribution in [1.29, 1.82) is 0 Å². The van der Waals surface area contributed by atoms with E-state index in [4.69, 9.17) is 10.3 Å². The molecule has 1 aromatic rings. The monoisotopic (exact) mass is 807 g/mol. The van der Waals surface area contributed by atoms with Crippen LogP contribution >= 0.6 is 10.2 Å². The Labute approximate surface area is 311 Å². The van der Waals surface area contributed by atoms with E-state index in [-0.39, 0.29) is 4.66 Å². The summed E-state index contributed by atoms with van der Waals surface area (Å²) in [5.41, 5.74) is 1.38. The molecular formula is C36H72ClN3NiSi6-3. The number of hydrogen-bond acceptors (Lipinski definition) is 1. The molecule has 1 saturated heterocycles. The Hall–Kier alpha value is 0.475. The fraction of sp³-hybridized carbons (Fsp3) is 0.722. The van der Waals surface area contributed by atoms with Crippen LogP contribution in [-0.2, 0) is 19.2 Å². The van der Waals surface area contributed by atoms with Crippen molar-refractivity contribution in [2.75, 3.05) is 6.54 Å². The molecule has 0 radical (unpaired) electrons. The van der Waals surface area contributed by atoms with Crippen LogP contribution in [0.1, 0.15) is 18.5 Å². The molecule has 275 valence electrons. The predicted octanol–water partition coefficient (Wildman–Crippen LogP) is 12.6. The van der Waals surface area contributed by atoms with Gasteiger partial charge in [0.15, 0.2) is 0 Å². The Morgan fingerprint density at radius 1 is 0.766 bits per heavy atom. The molecule has 3 rings (SSSR count). The van der Waals surface area contributed by atoms with Gasteiger partial charge in [-0.2, -0.15) is 6.20 Å². The summed E-state index contributed by atoms with van der Waals surface area (Å²) in [4.78, 5) is 5.03. The van der Waals surface area contributed by atoms with Crippen molar-refractivity contribution in [3.63, 3.8) is 0 Å². The molecule has 1 fully saturated rings. The van der Waals surface area contributed by atoms with Crippen LogP contribution in [0.3, 0.4) is 0 Å². The maximum absolute atomic E-state index is 5.55. The van der Waals surface area contributed by atoms with E-state index in [0.29, 0.717) is 18.0 Å². The quantitative estimate of drug-likeness (QED) is 0.171. The number of piperidine rings is 1. The molecule has 2 aliphatic rings. The Balaban J connectivity index is 0.000000544. The molecule has 0 N–H and O–H groups in total. The van der Waals surface area contributed by atoms with E-state index in [9.17, 15) is 0 Å². The molecule has 0 aromatic carbocycles. The van der Waals surface area contributed by atoms with Crippen LogP contribution in [0.5, 0.6) is 0 Å². The van der Waals surface area contributed by atoms with Gasteiger partial charge in [-0.3, -0.25) is 4.98 Å². The number of halogens is 1. The van der Waals surface area contributed by atoms with Crippen molar-refractivity contribution in [2.24, 2.45) is 5.92 Å². The molecule has 0 saturated carbocycles. The fourth-order valence-electron chi connectivity index (χ4n) is 10.4. The SMILES string of the molecule is C[Si](C)(C)C(C1CCC(C(c2ccccn2)([Si](C)(C)C)[Si](C)(C)C)C[N-]1)[Si](C)(C)C.C[Si](C)(C)[C-](C1C=CC=C[N-]1)[Si](C)(C)C.[Cl][Ni]. The van der Waals surface area contributed by atoms with Gasteiger partial charge < -0.3 is 15.8 Å². The summed E-state index contributed by atoms with van der Waals surface area (Å²) in [6, 6.07) is 7.61. The van der Waals surface area contributed by atoms with E-state index < -0.39 is 48.4 Å². The summed E-state index contributed by atoms with van der Waals surface area (Å²) >= 11 is 3.35. The second kappa shape index (κ2) is 17.3. The molecule has 0 aliphatic carbocycles. The first-order valence-electron chi connectivity index (χ1n) is 17.8. The zero-order chi connectivity index (χ0) is 36.9. The molecule has 3 heterocycles. The van der Waals surface area contributed by atoms with E-state index in [1.165, 1.54) is 18.5 Å².